The van der Waals surface area contributed by atoms with Gasteiger partial charge in [0.1, 0.15) is 5.56 Å². The van der Waals surface area contributed by atoms with Crippen LogP contribution in [0.1, 0.15) is 21.5 Å². The van der Waals surface area contributed by atoms with Gasteiger partial charge in [-0.3, -0.25) is 18.8 Å². The van der Waals surface area contributed by atoms with Crippen LogP contribution in [0.15, 0.2) is 52.2 Å². The zero-order chi connectivity index (χ0) is 26.4. The second-order valence-corrected chi connectivity index (χ2v) is 8.47. The third-order valence-corrected chi connectivity index (χ3v) is 6.22. The summed E-state index contributed by atoms with van der Waals surface area (Å²) < 4.78 is 41.1. The highest BCUT2D eigenvalue weighted by Gasteiger charge is 2.34. The predicted molar refractivity (Wildman–Crippen MR) is 125 cm³/mol. The molecule has 4 rings (SSSR count). The molecular weight excluding hydrogens is 528 g/mol. The van der Waals surface area contributed by atoms with Crippen LogP contribution in [0.25, 0.3) is 5.69 Å². The Morgan fingerprint density at radius 1 is 1.11 bits per heavy atom. The van der Waals surface area contributed by atoms with Crippen LogP contribution in [-0.2, 0) is 12.7 Å². The van der Waals surface area contributed by atoms with Crippen molar-refractivity contribution < 1.29 is 27.9 Å². The van der Waals surface area contributed by atoms with Crippen LogP contribution in [0.3, 0.4) is 0 Å². The van der Waals surface area contributed by atoms with Crippen LogP contribution in [-0.4, -0.2) is 39.3 Å². The van der Waals surface area contributed by atoms with Crippen LogP contribution in [0.4, 0.5) is 23.7 Å². The number of alkyl halides is 3. The number of halogens is 5. The van der Waals surface area contributed by atoms with Crippen molar-refractivity contribution in [2.24, 2.45) is 0 Å². The van der Waals surface area contributed by atoms with Crippen molar-refractivity contribution in [1.82, 2.24) is 14.5 Å². The van der Waals surface area contributed by atoms with E-state index in [2.05, 4.69) is 5.32 Å². The lowest BCUT2D eigenvalue weighted by molar-refractivity contribution is -0.137. The average Bonchev–Trinajstić information content (AvgIpc) is 3.22. The second kappa shape index (κ2) is 9.36. The molecule has 1 saturated heterocycles. The molecule has 2 amide bonds. The lowest BCUT2D eigenvalue weighted by Gasteiger charge is -2.18. The maximum atomic E-state index is 13.3. The predicted octanol–water partition coefficient (Wildman–Crippen LogP) is 3.60. The Kier molecular flexibility index (Phi) is 6.58. The van der Waals surface area contributed by atoms with Crippen LogP contribution in [0.2, 0.25) is 10.0 Å². The van der Waals surface area contributed by atoms with Gasteiger partial charge in [0.15, 0.2) is 0 Å². The number of amides is 2. The lowest BCUT2D eigenvalue weighted by atomic mass is 10.1. The fourth-order valence-electron chi connectivity index (χ4n) is 3.73. The Bertz CT molecular complexity index is 1520. The van der Waals surface area contributed by atoms with E-state index < -0.39 is 46.1 Å². The largest absolute Gasteiger partial charge is 0.477 e. The summed E-state index contributed by atoms with van der Waals surface area (Å²) in [6.45, 7) is 0.0341. The molecule has 2 heterocycles. The Hall–Kier alpha value is -3.77. The summed E-state index contributed by atoms with van der Waals surface area (Å²) in [6, 6.07) is 6.73. The first-order valence-electron chi connectivity index (χ1n) is 10.2. The Morgan fingerprint density at radius 3 is 2.42 bits per heavy atom. The number of urea groups is 1. The van der Waals surface area contributed by atoms with Crippen molar-refractivity contribution in [3.8, 4) is 5.69 Å². The molecule has 0 saturated carbocycles. The van der Waals surface area contributed by atoms with Crippen molar-refractivity contribution >= 4 is 40.9 Å². The molecule has 36 heavy (non-hydrogen) atoms. The molecular formula is C22H15Cl2F3N4O5. The highest BCUT2D eigenvalue weighted by molar-refractivity contribution is 6.34. The van der Waals surface area contributed by atoms with E-state index in [1.54, 1.807) is 0 Å². The molecule has 0 radical (unpaired) electrons. The summed E-state index contributed by atoms with van der Waals surface area (Å²) in [7, 11) is 0. The summed E-state index contributed by atoms with van der Waals surface area (Å²) >= 11 is 12.2. The minimum absolute atomic E-state index is 0.0553. The zero-order valence-corrected chi connectivity index (χ0v) is 19.5. The van der Waals surface area contributed by atoms with Gasteiger partial charge in [-0.1, -0.05) is 35.3 Å². The average molecular weight is 543 g/mol. The van der Waals surface area contributed by atoms with Gasteiger partial charge < -0.3 is 10.4 Å². The topological polar surface area (TPSA) is 114 Å². The van der Waals surface area contributed by atoms with Gasteiger partial charge in [-0.05, 0) is 29.8 Å². The van der Waals surface area contributed by atoms with Crippen molar-refractivity contribution in [1.29, 1.82) is 0 Å². The Labute approximate surface area is 209 Å². The molecule has 14 heteroatoms. The van der Waals surface area contributed by atoms with E-state index >= 15 is 0 Å². The molecule has 3 aromatic rings. The van der Waals surface area contributed by atoms with Gasteiger partial charge in [-0.2, -0.15) is 13.2 Å². The normalized spacial score (nSPS) is 13.7. The quantitative estimate of drug-likeness (QED) is 0.511. The first-order chi connectivity index (χ1) is 16.9. The SMILES string of the molecule is O=C(O)c1cn(-c2ccc(N3CCNC3=O)c(Cl)c2)c(=O)n(Cc2cccc(C(F)(F)F)c2Cl)c1=O. The molecule has 0 atom stereocenters. The van der Waals surface area contributed by atoms with Crippen molar-refractivity contribution in [2.75, 3.05) is 18.0 Å². The van der Waals surface area contributed by atoms with Gasteiger partial charge in [0.2, 0.25) is 0 Å². The number of aromatic carboxylic acids is 1. The Balaban J connectivity index is 1.85. The maximum absolute atomic E-state index is 13.3. The number of carboxylic acids is 1. The van der Waals surface area contributed by atoms with Crippen molar-refractivity contribution in [3.63, 3.8) is 0 Å². The minimum Gasteiger partial charge on any atom is -0.477 e. The van der Waals surface area contributed by atoms with Crippen LogP contribution in [0, 0.1) is 0 Å². The number of hydrogen-bond acceptors (Lipinski definition) is 4. The standard InChI is InChI=1S/C22H15Cl2F3N4O5/c23-15-8-12(4-5-16(15)29-7-6-28-20(29)35)30-10-13(19(33)34)18(32)31(21(30)36)9-11-2-1-3-14(17(11)24)22(25,26)27/h1-5,8,10H,6-7,9H2,(H,28,35)(H,33,34). The van der Waals surface area contributed by atoms with Gasteiger partial charge in [-0.15, -0.1) is 0 Å². The van der Waals surface area contributed by atoms with Crippen molar-refractivity contribution in [3.05, 3.63) is 90.2 Å². The third kappa shape index (κ3) is 4.56. The highest BCUT2D eigenvalue weighted by atomic mass is 35.5. The van der Waals surface area contributed by atoms with Gasteiger partial charge in [0.05, 0.1) is 33.5 Å². The molecule has 2 N–H and O–H groups in total. The van der Waals surface area contributed by atoms with Crippen LogP contribution >= 0.6 is 23.2 Å². The zero-order valence-electron chi connectivity index (χ0n) is 18.0. The smallest absolute Gasteiger partial charge is 0.417 e. The van der Waals surface area contributed by atoms with E-state index in [0.29, 0.717) is 23.3 Å². The molecule has 0 bridgehead atoms. The fourth-order valence-corrected chi connectivity index (χ4v) is 4.30. The van der Waals surface area contributed by atoms with Gasteiger partial charge in [-0.25, -0.2) is 14.4 Å². The van der Waals surface area contributed by atoms with E-state index in [1.165, 1.54) is 29.2 Å². The molecule has 0 spiro atoms. The number of nitrogens with zero attached hydrogens (tertiary/aromatic N) is 3. The number of carboxylic acid groups (broad SMARTS) is 1. The molecule has 1 aliphatic heterocycles. The van der Waals surface area contributed by atoms with Crippen LogP contribution in [0.5, 0.6) is 0 Å². The molecule has 9 nitrogen and oxygen atoms in total. The summed E-state index contributed by atoms with van der Waals surface area (Å²) in [6.07, 6.45) is -3.99. The van der Waals surface area contributed by atoms with Crippen LogP contribution < -0.4 is 21.5 Å². The van der Waals surface area contributed by atoms with Crippen molar-refractivity contribution in [2.45, 2.75) is 12.7 Å². The number of rotatable bonds is 5. The fraction of sp³-hybridized carbons (Fsp3) is 0.182. The van der Waals surface area contributed by atoms with E-state index in [4.69, 9.17) is 23.2 Å². The molecule has 0 unspecified atom stereocenters. The number of benzene rings is 2. The number of aromatic nitrogens is 2. The number of hydrogen-bond donors (Lipinski definition) is 2. The summed E-state index contributed by atoms with van der Waals surface area (Å²) in [5.74, 6) is -1.66. The summed E-state index contributed by atoms with van der Waals surface area (Å²) in [5, 5.41) is 11.5. The Morgan fingerprint density at radius 2 is 1.83 bits per heavy atom. The van der Waals surface area contributed by atoms with Gasteiger partial charge in [0, 0.05) is 19.3 Å². The van der Waals surface area contributed by atoms with E-state index in [9.17, 15) is 37.5 Å². The first kappa shape index (κ1) is 25.3. The number of carbonyl (C=O) groups is 2. The number of carbonyl (C=O) groups excluding carboxylic acids is 1. The number of anilines is 1. The van der Waals surface area contributed by atoms with E-state index in [1.807, 2.05) is 0 Å². The van der Waals surface area contributed by atoms with E-state index in [-0.39, 0.29) is 22.3 Å². The third-order valence-electron chi connectivity index (χ3n) is 5.47. The molecule has 1 fully saturated rings. The lowest BCUT2D eigenvalue weighted by Crippen LogP contribution is -2.42. The molecule has 1 aromatic heterocycles. The molecule has 2 aromatic carbocycles. The number of nitrogens with one attached hydrogen (secondary N) is 1. The molecule has 188 valence electrons. The second-order valence-electron chi connectivity index (χ2n) is 7.69. The summed E-state index contributed by atoms with van der Waals surface area (Å²) in [5.41, 5.74) is -4.07. The molecule has 1 aliphatic rings. The maximum Gasteiger partial charge on any atom is 0.417 e. The van der Waals surface area contributed by atoms with E-state index in [0.717, 1.165) is 22.9 Å². The van der Waals surface area contributed by atoms with Gasteiger partial charge in [0.25, 0.3) is 5.56 Å². The van der Waals surface area contributed by atoms with Gasteiger partial charge >= 0.3 is 23.9 Å². The molecule has 0 aliphatic carbocycles. The summed E-state index contributed by atoms with van der Waals surface area (Å²) in [4.78, 5) is 51.0. The first-order valence-corrected chi connectivity index (χ1v) is 11.0. The minimum atomic E-state index is -4.79. The highest BCUT2D eigenvalue weighted by Crippen LogP contribution is 2.36. The monoisotopic (exact) mass is 542 g/mol.